The molecule has 1 heterocycles. The predicted molar refractivity (Wildman–Crippen MR) is 124 cm³/mol. The Morgan fingerprint density at radius 1 is 1.04 bits per heavy atom. The molecule has 0 aromatic rings. The van der Waals surface area contributed by atoms with Crippen molar-refractivity contribution in [2.75, 3.05) is 6.26 Å². The van der Waals surface area contributed by atoms with Crippen LogP contribution in [0.1, 0.15) is 90.9 Å². The van der Waals surface area contributed by atoms with E-state index in [4.69, 9.17) is 12.2 Å². The van der Waals surface area contributed by atoms with Gasteiger partial charge in [0.1, 0.15) is 0 Å². The van der Waals surface area contributed by atoms with Gasteiger partial charge in [0.05, 0.1) is 0 Å². The summed E-state index contributed by atoms with van der Waals surface area (Å²) in [6, 6.07) is 0. The standard InChI is InChI=1S/C22H37N3S2/c1-4-6-7-8-9-10-15-19(21-23-22(26)25-24-21)17(13-5-2)18-14-11-12-16-20(18)27-3/h14,17,19-20H,4-13,15-16H2,1-3H3. The molecule has 27 heavy (non-hydrogen) atoms. The van der Waals surface area contributed by atoms with Gasteiger partial charge >= 0.3 is 0 Å². The van der Waals surface area contributed by atoms with E-state index in [1.54, 1.807) is 5.57 Å². The van der Waals surface area contributed by atoms with Crippen LogP contribution in [0.5, 0.6) is 0 Å². The Labute approximate surface area is 176 Å². The third kappa shape index (κ3) is 7.08. The summed E-state index contributed by atoms with van der Waals surface area (Å²) in [5.74, 6) is 1.82. The average molecular weight is 408 g/mol. The number of thioether (sulfide) groups is 1. The average Bonchev–Trinajstić information content (AvgIpc) is 3.12. The number of amidine groups is 1. The van der Waals surface area contributed by atoms with Crippen LogP contribution in [0, 0.1) is 11.8 Å². The molecular formula is C22H37N3S2. The van der Waals surface area contributed by atoms with Gasteiger partial charge in [-0.3, -0.25) is 0 Å². The van der Waals surface area contributed by atoms with Crippen molar-refractivity contribution in [1.82, 2.24) is 0 Å². The maximum absolute atomic E-state index is 5.19. The maximum atomic E-state index is 5.19. The summed E-state index contributed by atoms with van der Waals surface area (Å²) in [6.07, 6.45) is 20.2. The van der Waals surface area contributed by atoms with Gasteiger partial charge < -0.3 is 0 Å². The van der Waals surface area contributed by atoms with E-state index >= 15 is 0 Å². The van der Waals surface area contributed by atoms with Gasteiger partial charge in [-0.15, -0.1) is 10.2 Å². The SMILES string of the molecule is CCCCCCCCC(C1=NC(=S)N=N1)C(CCC)C1=CCCCC1SC. The Morgan fingerprint density at radius 2 is 1.81 bits per heavy atom. The van der Waals surface area contributed by atoms with E-state index in [1.165, 1.54) is 70.6 Å². The van der Waals surface area contributed by atoms with Crippen LogP contribution in [-0.4, -0.2) is 22.5 Å². The molecule has 3 unspecified atom stereocenters. The second-order valence-electron chi connectivity index (χ2n) is 7.87. The van der Waals surface area contributed by atoms with E-state index in [0.717, 1.165) is 12.3 Å². The highest BCUT2D eigenvalue weighted by molar-refractivity contribution is 7.99. The first-order chi connectivity index (χ1) is 13.2. The summed E-state index contributed by atoms with van der Waals surface area (Å²) in [6.45, 7) is 4.58. The number of thiocarbonyl (C=S) groups is 1. The summed E-state index contributed by atoms with van der Waals surface area (Å²) in [4.78, 5) is 4.55. The summed E-state index contributed by atoms with van der Waals surface area (Å²) < 4.78 is 0. The van der Waals surface area contributed by atoms with E-state index in [1.807, 2.05) is 11.8 Å². The fourth-order valence-corrected chi connectivity index (χ4v) is 5.55. The molecule has 2 rings (SSSR count). The minimum absolute atomic E-state index is 0.374. The number of nitrogens with zero attached hydrogens (tertiary/aromatic N) is 3. The Hall–Kier alpha value is -0.550. The van der Waals surface area contributed by atoms with Gasteiger partial charge in [-0.1, -0.05) is 70.4 Å². The van der Waals surface area contributed by atoms with Crippen molar-refractivity contribution >= 4 is 34.9 Å². The number of aliphatic imine (C=N–C) groups is 1. The van der Waals surface area contributed by atoms with Crippen molar-refractivity contribution in [3.8, 4) is 0 Å². The number of hydrogen-bond donors (Lipinski definition) is 0. The highest BCUT2D eigenvalue weighted by Crippen LogP contribution is 2.40. The van der Waals surface area contributed by atoms with Gasteiger partial charge in [0.2, 0.25) is 5.11 Å². The van der Waals surface area contributed by atoms with Crippen molar-refractivity contribution in [2.45, 2.75) is 96.1 Å². The molecule has 0 saturated carbocycles. The third-order valence-electron chi connectivity index (χ3n) is 5.87. The normalized spacial score (nSPS) is 21.9. The zero-order valence-corrected chi connectivity index (χ0v) is 19.1. The zero-order chi connectivity index (χ0) is 19.5. The van der Waals surface area contributed by atoms with Crippen LogP contribution in [-0.2, 0) is 0 Å². The monoisotopic (exact) mass is 407 g/mol. The van der Waals surface area contributed by atoms with Crippen LogP contribution < -0.4 is 0 Å². The van der Waals surface area contributed by atoms with Gasteiger partial charge in [0.15, 0.2) is 5.84 Å². The number of azo groups is 1. The molecule has 1 aliphatic heterocycles. The van der Waals surface area contributed by atoms with Crippen LogP contribution in [0.25, 0.3) is 0 Å². The largest absolute Gasteiger partial charge is 0.241 e. The fraction of sp³-hybridized carbons (Fsp3) is 0.818. The van der Waals surface area contributed by atoms with Crippen LogP contribution in [0.3, 0.4) is 0 Å². The lowest BCUT2D eigenvalue weighted by atomic mass is 9.75. The van der Waals surface area contributed by atoms with Crippen molar-refractivity contribution in [3.05, 3.63) is 11.6 Å². The highest BCUT2D eigenvalue weighted by Gasteiger charge is 2.34. The Kier molecular flexibility index (Phi) is 10.8. The van der Waals surface area contributed by atoms with Crippen molar-refractivity contribution in [3.63, 3.8) is 0 Å². The van der Waals surface area contributed by atoms with Crippen LogP contribution >= 0.6 is 24.0 Å². The first kappa shape index (κ1) is 22.7. The van der Waals surface area contributed by atoms with E-state index in [-0.39, 0.29) is 0 Å². The van der Waals surface area contributed by atoms with Gasteiger partial charge in [0, 0.05) is 11.2 Å². The topological polar surface area (TPSA) is 37.1 Å². The molecule has 3 atom stereocenters. The Bertz CT molecular complexity index is 554. The van der Waals surface area contributed by atoms with E-state index in [9.17, 15) is 0 Å². The summed E-state index contributed by atoms with van der Waals surface area (Å²) in [7, 11) is 0. The van der Waals surface area contributed by atoms with Gasteiger partial charge in [-0.25, -0.2) is 0 Å². The predicted octanol–water partition coefficient (Wildman–Crippen LogP) is 7.76. The molecule has 1 aliphatic carbocycles. The molecular weight excluding hydrogens is 370 g/mol. The molecule has 0 N–H and O–H groups in total. The smallest absolute Gasteiger partial charge is 0.200 e. The number of allylic oxidation sites excluding steroid dienone is 1. The molecule has 0 aromatic carbocycles. The van der Waals surface area contributed by atoms with Gasteiger partial charge in [-0.05, 0) is 56.5 Å². The summed E-state index contributed by atoms with van der Waals surface area (Å²) in [5.41, 5.74) is 1.65. The van der Waals surface area contributed by atoms with Crippen molar-refractivity contribution in [2.24, 2.45) is 27.1 Å². The lowest BCUT2D eigenvalue weighted by Crippen LogP contribution is -2.29. The molecule has 152 valence electrons. The molecule has 0 aromatic heterocycles. The lowest BCUT2D eigenvalue weighted by molar-refractivity contribution is 0.387. The molecule has 0 saturated heterocycles. The lowest BCUT2D eigenvalue weighted by Gasteiger charge is -2.34. The number of unbranched alkanes of at least 4 members (excludes halogenated alkanes) is 5. The second-order valence-corrected chi connectivity index (χ2v) is 9.28. The van der Waals surface area contributed by atoms with Gasteiger partial charge in [-0.2, -0.15) is 16.8 Å². The van der Waals surface area contributed by atoms with Crippen LogP contribution in [0.15, 0.2) is 26.9 Å². The van der Waals surface area contributed by atoms with Crippen molar-refractivity contribution in [1.29, 1.82) is 0 Å². The minimum Gasteiger partial charge on any atom is -0.200 e. The van der Waals surface area contributed by atoms with E-state index < -0.39 is 0 Å². The summed E-state index contributed by atoms with van der Waals surface area (Å²) in [5, 5.41) is 9.53. The molecule has 0 radical (unpaired) electrons. The maximum Gasteiger partial charge on any atom is 0.241 e. The number of hydrogen-bond acceptors (Lipinski definition) is 3. The molecule has 5 heteroatoms. The Balaban J connectivity index is 2.12. The Morgan fingerprint density at radius 3 is 2.48 bits per heavy atom. The third-order valence-corrected chi connectivity index (χ3v) is 7.12. The zero-order valence-electron chi connectivity index (χ0n) is 17.5. The van der Waals surface area contributed by atoms with Crippen molar-refractivity contribution < 1.29 is 0 Å². The summed E-state index contributed by atoms with van der Waals surface area (Å²) >= 11 is 7.20. The minimum atomic E-state index is 0.374. The molecule has 0 bridgehead atoms. The van der Waals surface area contributed by atoms with Crippen LogP contribution in [0.4, 0.5) is 0 Å². The van der Waals surface area contributed by atoms with E-state index in [0.29, 0.717) is 22.2 Å². The molecule has 0 spiro atoms. The molecule has 0 amide bonds. The molecule has 3 nitrogen and oxygen atoms in total. The quantitative estimate of drug-likeness (QED) is 0.178. The number of rotatable bonds is 13. The van der Waals surface area contributed by atoms with E-state index in [2.05, 4.69) is 41.4 Å². The first-order valence-electron chi connectivity index (χ1n) is 11.0. The van der Waals surface area contributed by atoms with Gasteiger partial charge in [0.25, 0.3) is 0 Å². The molecule has 0 fully saturated rings. The highest BCUT2D eigenvalue weighted by atomic mass is 32.2. The first-order valence-corrected chi connectivity index (χ1v) is 12.7. The second kappa shape index (κ2) is 12.8. The van der Waals surface area contributed by atoms with Crippen LogP contribution in [0.2, 0.25) is 0 Å². The molecule has 2 aliphatic rings. The fourth-order valence-electron chi connectivity index (χ4n) is 4.47.